The lowest BCUT2D eigenvalue weighted by Gasteiger charge is -2.19. The summed E-state index contributed by atoms with van der Waals surface area (Å²) in [5, 5.41) is 13.5. The van der Waals surface area contributed by atoms with E-state index in [0.29, 0.717) is 20.3 Å². The number of rotatable bonds is 5. The Labute approximate surface area is 169 Å². The predicted molar refractivity (Wildman–Crippen MR) is 110 cm³/mol. The fraction of sp³-hybridized carbons (Fsp3) is 0.263. The van der Waals surface area contributed by atoms with Gasteiger partial charge in [-0.25, -0.2) is 5.43 Å². The maximum Gasteiger partial charge on any atom is 0.277 e. The van der Waals surface area contributed by atoms with Gasteiger partial charge >= 0.3 is 0 Å². The molecule has 2 aromatic rings. The average Bonchev–Trinajstić information content (AvgIpc) is 2.57. The molecule has 7 heteroatoms. The lowest BCUT2D eigenvalue weighted by Crippen LogP contribution is -2.24. The third kappa shape index (κ3) is 5.85. The van der Waals surface area contributed by atoms with Gasteiger partial charge in [0.05, 0.1) is 15.2 Å². The highest BCUT2D eigenvalue weighted by Crippen LogP contribution is 2.32. The Bertz CT molecular complexity index is 790. The number of nitrogens with one attached hydrogen (secondary N) is 1. The topological polar surface area (TPSA) is 70.9 Å². The zero-order chi connectivity index (χ0) is 19.3. The molecule has 1 amide bonds. The van der Waals surface area contributed by atoms with E-state index in [9.17, 15) is 9.90 Å². The first-order valence-corrected chi connectivity index (χ1v) is 9.48. The van der Waals surface area contributed by atoms with Crippen molar-refractivity contribution < 1.29 is 14.6 Å². The number of nitrogens with zero attached hydrogens (tertiary/aromatic N) is 1. The molecule has 0 saturated heterocycles. The highest BCUT2D eigenvalue weighted by molar-refractivity contribution is 9.11. The smallest absolute Gasteiger partial charge is 0.277 e. The van der Waals surface area contributed by atoms with Crippen LogP contribution in [0.2, 0.25) is 0 Å². The molecule has 0 spiro atoms. The fourth-order valence-electron chi connectivity index (χ4n) is 2.07. The van der Waals surface area contributed by atoms with Crippen LogP contribution in [0.3, 0.4) is 0 Å². The van der Waals surface area contributed by atoms with Gasteiger partial charge in [0.1, 0.15) is 11.5 Å². The number of ether oxygens (including phenoxy) is 1. The molecule has 138 valence electrons. The first-order valence-electron chi connectivity index (χ1n) is 7.90. The lowest BCUT2D eigenvalue weighted by atomic mass is 9.87. The summed E-state index contributed by atoms with van der Waals surface area (Å²) in [6.07, 6.45) is 1.48. The third-order valence-corrected chi connectivity index (χ3v) is 4.74. The molecule has 0 bridgehead atoms. The molecule has 0 aliphatic rings. The van der Waals surface area contributed by atoms with Crippen LogP contribution in [-0.4, -0.2) is 23.8 Å². The van der Waals surface area contributed by atoms with Crippen molar-refractivity contribution in [1.82, 2.24) is 5.43 Å². The number of halogens is 2. The monoisotopic (exact) mass is 482 g/mol. The van der Waals surface area contributed by atoms with Crippen molar-refractivity contribution in [3.8, 4) is 11.5 Å². The molecular weight excluding hydrogens is 464 g/mol. The molecular formula is C19H20Br2N2O3. The second kappa shape index (κ2) is 8.68. The van der Waals surface area contributed by atoms with Crippen LogP contribution in [0.5, 0.6) is 11.5 Å². The van der Waals surface area contributed by atoms with Crippen LogP contribution in [0.4, 0.5) is 0 Å². The van der Waals surface area contributed by atoms with Gasteiger partial charge in [0.25, 0.3) is 5.91 Å². The zero-order valence-electron chi connectivity index (χ0n) is 14.7. The van der Waals surface area contributed by atoms with Gasteiger partial charge in [-0.15, -0.1) is 0 Å². The Morgan fingerprint density at radius 2 is 1.77 bits per heavy atom. The van der Waals surface area contributed by atoms with Crippen molar-refractivity contribution in [1.29, 1.82) is 0 Å². The predicted octanol–water partition coefficient (Wildman–Crippen LogP) is 4.74. The van der Waals surface area contributed by atoms with Gasteiger partial charge in [-0.3, -0.25) is 4.79 Å². The molecule has 26 heavy (non-hydrogen) atoms. The number of benzene rings is 2. The van der Waals surface area contributed by atoms with Crippen molar-refractivity contribution in [3.63, 3.8) is 0 Å². The van der Waals surface area contributed by atoms with E-state index in [0.717, 1.165) is 0 Å². The average molecular weight is 484 g/mol. The number of phenolic OH excluding ortho intramolecular Hbond substituents is 1. The Morgan fingerprint density at radius 3 is 2.31 bits per heavy atom. The van der Waals surface area contributed by atoms with Gasteiger partial charge < -0.3 is 9.84 Å². The minimum Gasteiger partial charge on any atom is -0.506 e. The van der Waals surface area contributed by atoms with E-state index in [2.05, 4.69) is 63.2 Å². The zero-order valence-corrected chi connectivity index (χ0v) is 17.9. The van der Waals surface area contributed by atoms with Crippen LogP contribution in [0.1, 0.15) is 31.9 Å². The Morgan fingerprint density at radius 1 is 1.19 bits per heavy atom. The fourth-order valence-corrected chi connectivity index (χ4v) is 3.29. The lowest BCUT2D eigenvalue weighted by molar-refractivity contribution is -0.123. The largest absolute Gasteiger partial charge is 0.506 e. The summed E-state index contributed by atoms with van der Waals surface area (Å²) in [6.45, 7) is 6.29. The molecule has 0 fully saturated rings. The van der Waals surface area contributed by atoms with Crippen molar-refractivity contribution >= 4 is 44.0 Å². The summed E-state index contributed by atoms with van der Waals surface area (Å²) in [4.78, 5) is 11.8. The van der Waals surface area contributed by atoms with Crippen molar-refractivity contribution in [2.45, 2.75) is 26.2 Å². The quantitative estimate of drug-likeness (QED) is 0.476. The summed E-state index contributed by atoms with van der Waals surface area (Å²) >= 11 is 6.47. The van der Waals surface area contributed by atoms with Gasteiger partial charge in [-0.2, -0.15) is 5.10 Å². The first kappa shape index (κ1) is 20.5. The summed E-state index contributed by atoms with van der Waals surface area (Å²) in [5.41, 5.74) is 4.38. The van der Waals surface area contributed by atoms with Crippen LogP contribution in [-0.2, 0) is 10.2 Å². The van der Waals surface area contributed by atoms with E-state index in [-0.39, 0.29) is 23.7 Å². The van der Waals surface area contributed by atoms with Crippen molar-refractivity contribution in [2.75, 3.05) is 6.61 Å². The summed E-state index contributed by atoms with van der Waals surface area (Å²) in [6, 6.07) is 11.1. The highest BCUT2D eigenvalue weighted by Gasteiger charge is 2.13. The minimum absolute atomic E-state index is 0.0723. The minimum atomic E-state index is -0.363. The van der Waals surface area contributed by atoms with Gasteiger partial charge in [0.2, 0.25) is 0 Å². The molecule has 2 aromatic carbocycles. The second-order valence-electron chi connectivity index (χ2n) is 6.69. The molecule has 5 nitrogen and oxygen atoms in total. The summed E-state index contributed by atoms with van der Waals surface area (Å²) in [7, 11) is 0. The number of carbonyl (C=O) groups is 1. The maximum atomic E-state index is 11.8. The Hall–Kier alpha value is -1.86. The van der Waals surface area contributed by atoms with Crippen LogP contribution < -0.4 is 10.2 Å². The molecule has 2 rings (SSSR count). The Balaban J connectivity index is 1.85. The number of hydrogen-bond donors (Lipinski definition) is 2. The first-order chi connectivity index (χ1) is 12.2. The van der Waals surface area contributed by atoms with Gasteiger partial charge in [0, 0.05) is 0 Å². The number of hydrazone groups is 1. The molecule has 2 N–H and O–H groups in total. The van der Waals surface area contributed by atoms with E-state index in [1.54, 1.807) is 12.1 Å². The van der Waals surface area contributed by atoms with Crippen molar-refractivity contribution in [2.24, 2.45) is 5.10 Å². The molecule has 0 aromatic heterocycles. The van der Waals surface area contributed by atoms with Crippen LogP contribution in [0, 0.1) is 0 Å². The summed E-state index contributed by atoms with van der Waals surface area (Å²) in [5.74, 6) is 0.374. The third-order valence-electron chi connectivity index (χ3n) is 3.53. The number of phenols is 1. The van der Waals surface area contributed by atoms with Gasteiger partial charge in [-0.1, -0.05) is 32.9 Å². The van der Waals surface area contributed by atoms with E-state index >= 15 is 0 Å². The van der Waals surface area contributed by atoms with Crippen LogP contribution in [0.25, 0.3) is 0 Å². The van der Waals surface area contributed by atoms with E-state index in [1.807, 2.05) is 24.3 Å². The molecule has 0 saturated carbocycles. The molecule has 0 radical (unpaired) electrons. The summed E-state index contributed by atoms with van der Waals surface area (Å²) < 4.78 is 6.52. The molecule has 0 atom stereocenters. The number of carbonyl (C=O) groups excluding carboxylic acids is 1. The Kier molecular flexibility index (Phi) is 6.83. The molecule has 0 unspecified atom stereocenters. The second-order valence-corrected chi connectivity index (χ2v) is 8.40. The van der Waals surface area contributed by atoms with Crippen molar-refractivity contribution in [3.05, 3.63) is 56.5 Å². The van der Waals surface area contributed by atoms with Crippen LogP contribution >= 0.6 is 31.9 Å². The number of hydrogen-bond acceptors (Lipinski definition) is 4. The number of amides is 1. The van der Waals surface area contributed by atoms with E-state index in [4.69, 9.17) is 4.74 Å². The molecule has 0 aliphatic carbocycles. The van der Waals surface area contributed by atoms with E-state index in [1.165, 1.54) is 11.8 Å². The SMILES string of the molecule is CC(C)(C)c1ccc(OCC(=O)N/N=C\c2cc(Br)c(O)c(Br)c2)cc1. The maximum absolute atomic E-state index is 11.8. The normalized spacial score (nSPS) is 11.6. The van der Waals surface area contributed by atoms with Crippen LogP contribution in [0.15, 0.2) is 50.4 Å². The molecule has 0 heterocycles. The van der Waals surface area contributed by atoms with E-state index < -0.39 is 0 Å². The number of aromatic hydroxyl groups is 1. The standard InChI is InChI=1S/C19H20Br2N2O3/c1-19(2,3)13-4-6-14(7-5-13)26-11-17(24)23-22-10-12-8-15(20)18(25)16(21)9-12/h4-10,25H,11H2,1-3H3,(H,23,24)/b22-10-. The highest BCUT2D eigenvalue weighted by atomic mass is 79.9. The molecule has 0 aliphatic heterocycles. The van der Waals surface area contributed by atoms with Gasteiger partial charge in [0.15, 0.2) is 6.61 Å². The van der Waals surface area contributed by atoms with Gasteiger partial charge in [-0.05, 0) is 72.7 Å².